The molecule has 27 heavy (non-hydrogen) atoms. The Balaban J connectivity index is 1.74. The molecule has 0 amide bonds. The van der Waals surface area contributed by atoms with E-state index in [2.05, 4.69) is 22.4 Å². The first kappa shape index (κ1) is 16.8. The zero-order valence-corrected chi connectivity index (χ0v) is 14.9. The molecule has 0 atom stereocenters. The van der Waals surface area contributed by atoms with E-state index in [-0.39, 0.29) is 0 Å². The van der Waals surface area contributed by atoms with Gasteiger partial charge in [-0.1, -0.05) is 30.3 Å². The fourth-order valence-electron chi connectivity index (χ4n) is 3.13. The van der Waals surface area contributed by atoms with E-state index < -0.39 is 0 Å². The number of hydrogen-bond donors (Lipinski definition) is 1. The van der Waals surface area contributed by atoms with E-state index in [1.165, 1.54) is 0 Å². The van der Waals surface area contributed by atoms with Crippen molar-refractivity contribution in [1.82, 2.24) is 9.55 Å². The third-order valence-corrected chi connectivity index (χ3v) is 4.53. The number of methoxy groups -OCH3 is 1. The highest BCUT2D eigenvalue weighted by molar-refractivity contribution is 5.99. The molecule has 0 radical (unpaired) electrons. The van der Waals surface area contributed by atoms with Gasteiger partial charge in [-0.25, -0.2) is 4.98 Å². The van der Waals surface area contributed by atoms with Crippen molar-refractivity contribution < 1.29 is 9.53 Å². The summed E-state index contributed by atoms with van der Waals surface area (Å²) in [6.45, 7) is 0.633. The second kappa shape index (κ2) is 7.33. The number of carbonyl (C=O) groups is 1. The molecule has 134 valence electrons. The van der Waals surface area contributed by atoms with Crippen LogP contribution in [0.4, 0.5) is 5.69 Å². The monoisotopic (exact) mass is 357 g/mol. The maximum Gasteiger partial charge on any atom is 0.153 e. The standard InChI is InChI=1S/C22H19N3O2/c1-27-19-9-7-18(8-10-19)25-12-11-20-21(17(15-26)14-24-22(20)25)23-13-16-5-3-2-4-6-16/h2-12,14-15H,13H2,1H3,(H,23,24). The topological polar surface area (TPSA) is 56.1 Å². The molecule has 5 heteroatoms. The first-order valence-corrected chi connectivity index (χ1v) is 8.67. The molecular weight excluding hydrogens is 338 g/mol. The number of rotatable bonds is 6. The largest absolute Gasteiger partial charge is 0.497 e. The lowest BCUT2D eigenvalue weighted by Gasteiger charge is -2.11. The molecule has 0 fully saturated rings. The van der Waals surface area contributed by atoms with Gasteiger partial charge in [-0.15, -0.1) is 0 Å². The van der Waals surface area contributed by atoms with Gasteiger partial charge in [0.05, 0.1) is 18.4 Å². The second-order valence-electron chi connectivity index (χ2n) is 6.17. The molecule has 2 aromatic heterocycles. The smallest absolute Gasteiger partial charge is 0.153 e. The summed E-state index contributed by atoms with van der Waals surface area (Å²) in [4.78, 5) is 16.0. The molecule has 4 aromatic rings. The van der Waals surface area contributed by atoms with Gasteiger partial charge in [-0.3, -0.25) is 4.79 Å². The van der Waals surface area contributed by atoms with Gasteiger partial charge in [0.2, 0.25) is 0 Å². The van der Waals surface area contributed by atoms with Crippen LogP contribution in [0.1, 0.15) is 15.9 Å². The molecule has 5 nitrogen and oxygen atoms in total. The highest BCUT2D eigenvalue weighted by atomic mass is 16.5. The normalized spacial score (nSPS) is 10.7. The number of aromatic nitrogens is 2. The highest BCUT2D eigenvalue weighted by Crippen LogP contribution is 2.29. The average Bonchev–Trinajstić information content (AvgIpc) is 3.17. The molecule has 0 aliphatic rings. The van der Waals surface area contributed by atoms with Crippen LogP contribution in [0, 0.1) is 0 Å². The Hall–Kier alpha value is -3.60. The number of ether oxygens (including phenoxy) is 1. The molecule has 2 aromatic carbocycles. The van der Waals surface area contributed by atoms with Crippen LogP contribution in [0.25, 0.3) is 16.7 Å². The summed E-state index contributed by atoms with van der Waals surface area (Å²) in [5.74, 6) is 0.802. The maximum absolute atomic E-state index is 11.5. The summed E-state index contributed by atoms with van der Waals surface area (Å²) in [6.07, 6.45) is 4.41. The van der Waals surface area contributed by atoms with E-state index >= 15 is 0 Å². The molecule has 0 bridgehead atoms. The van der Waals surface area contributed by atoms with Crippen LogP contribution < -0.4 is 10.1 Å². The quantitative estimate of drug-likeness (QED) is 0.518. The van der Waals surface area contributed by atoms with Crippen molar-refractivity contribution in [3.05, 3.63) is 84.2 Å². The van der Waals surface area contributed by atoms with Crippen molar-refractivity contribution in [2.24, 2.45) is 0 Å². The van der Waals surface area contributed by atoms with Crippen LogP contribution in [0.15, 0.2) is 73.1 Å². The average molecular weight is 357 g/mol. The van der Waals surface area contributed by atoms with E-state index in [4.69, 9.17) is 4.74 Å². The number of nitrogens with zero attached hydrogens (tertiary/aromatic N) is 2. The number of benzene rings is 2. The van der Waals surface area contributed by atoms with Crippen LogP contribution in [0.3, 0.4) is 0 Å². The minimum atomic E-state index is 0.547. The third kappa shape index (κ3) is 3.27. The minimum absolute atomic E-state index is 0.547. The Bertz CT molecular complexity index is 1070. The Labute approximate surface area is 157 Å². The summed E-state index contributed by atoms with van der Waals surface area (Å²) in [6, 6.07) is 19.8. The van der Waals surface area contributed by atoms with Crippen molar-refractivity contribution in [1.29, 1.82) is 0 Å². The predicted molar refractivity (Wildman–Crippen MR) is 107 cm³/mol. The number of aldehydes is 1. The van der Waals surface area contributed by atoms with Crippen LogP contribution in [-0.2, 0) is 6.54 Å². The Kier molecular flexibility index (Phi) is 4.58. The predicted octanol–water partition coefficient (Wildman–Crippen LogP) is 4.46. The molecule has 0 saturated heterocycles. The fraction of sp³-hybridized carbons (Fsp3) is 0.0909. The molecule has 4 rings (SSSR count). The van der Waals surface area contributed by atoms with Gasteiger partial charge in [0, 0.05) is 30.0 Å². The number of pyridine rings is 1. The molecule has 0 aliphatic heterocycles. The Morgan fingerprint density at radius 3 is 2.56 bits per heavy atom. The zero-order valence-electron chi connectivity index (χ0n) is 14.9. The lowest BCUT2D eigenvalue weighted by Crippen LogP contribution is -2.04. The summed E-state index contributed by atoms with van der Waals surface area (Å²) in [5, 5.41) is 4.31. The third-order valence-electron chi connectivity index (χ3n) is 4.53. The second-order valence-corrected chi connectivity index (χ2v) is 6.17. The SMILES string of the molecule is COc1ccc(-n2ccc3c(NCc4ccccc4)c(C=O)cnc32)cc1. The highest BCUT2D eigenvalue weighted by Gasteiger charge is 2.13. The number of carbonyl (C=O) groups excluding carboxylic acids is 1. The van der Waals surface area contributed by atoms with Crippen molar-refractivity contribution >= 4 is 23.0 Å². The van der Waals surface area contributed by atoms with Crippen molar-refractivity contribution in [2.45, 2.75) is 6.54 Å². The number of nitrogens with one attached hydrogen (secondary N) is 1. The summed E-state index contributed by atoms with van der Waals surface area (Å²) >= 11 is 0. The van der Waals surface area contributed by atoms with Crippen molar-refractivity contribution in [2.75, 3.05) is 12.4 Å². The van der Waals surface area contributed by atoms with Gasteiger partial charge in [0.15, 0.2) is 6.29 Å². The molecule has 2 heterocycles. The lowest BCUT2D eigenvalue weighted by atomic mass is 10.1. The van der Waals surface area contributed by atoms with Crippen molar-refractivity contribution in [3.63, 3.8) is 0 Å². The van der Waals surface area contributed by atoms with E-state index in [1.807, 2.05) is 59.3 Å². The van der Waals surface area contributed by atoms with Gasteiger partial charge >= 0.3 is 0 Å². The number of hydrogen-bond acceptors (Lipinski definition) is 4. The summed E-state index contributed by atoms with van der Waals surface area (Å²) in [7, 11) is 1.65. The van der Waals surface area contributed by atoms with Gasteiger partial charge in [-0.05, 0) is 35.9 Å². The van der Waals surface area contributed by atoms with E-state index in [9.17, 15) is 4.79 Å². The van der Waals surface area contributed by atoms with Crippen molar-refractivity contribution in [3.8, 4) is 11.4 Å². The number of fused-ring (bicyclic) bond motifs is 1. The summed E-state index contributed by atoms with van der Waals surface area (Å²) < 4.78 is 7.22. The lowest BCUT2D eigenvalue weighted by molar-refractivity contribution is 0.112. The van der Waals surface area contributed by atoms with Gasteiger partial charge in [-0.2, -0.15) is 0 Å². The van der Waals surface area contributed by atoms with E-state index in [1.54, 1.807) is 13.3 Å². The maximum atomic E-state index is 11.5. The molecule has 0 unspecified atom stereocenters. The molecule has 1 N–H and O–H groups in total. The Morgan fingerprint density at radius 1 is 1.07 bits per heavy atom. The van der Waals surface area contributed by atoms with Crippen LogP contribution in [0.5, 0.6) is 5.75 Å². The van der Waals surface area contributed by atoms with Gasteiger partial charge < -0.3 is 14.6 Å². The van der Waals surface area contributed by atoms with Gasteiger partial charge in [0.1, 0.15) is 11.4 Å². The van der Waals surface area contributed by atoms with Gasteiger partial charge in [0.25, 0.3) is 0 Å². The van der Waals surface area contributed by atoms with E-state index in [0.29, 0.717) is 12.1 Å². The summed E-state index contributed by atoms with van der Waals surface area (Å²) in [5.41, 5.74) is 4.26. The molecule has 0 spiro atoms. The van der Waals surface area contributed by atoms with E-state index in [0.717, 1.165) is 40.0 Å². The fourth-order valence-corrected chi connectivity index (χ4v) is 3.13. The zero-order chi connectivity index (χ0) is 18.6. The first-order valence-electron chi connectivity index (χ1n) is 8.67. The minimum Gasteiger partial charge on any atom is -0.497 e. The molecule has 0 aliphatic carbocycles. The number of anilines is 1. The van der Waals surface area contributed by atoms with Crippen LogP contribution >= 0.6 is 0 Å². The molecule has 0 saturated carbocycles. The Morgan fingerprint density at radius 2 is 1.85 bits per heavy atom. The first-order chi connectivity index (χ1) is 13.3. The van der Waals surface area contributed by atoms with Crippen LogP contribution in [-0.4, -0.2) is 22.9 Å². The van der Waals surface area contributed by atoms with Crippen LogP contribution in [0.2, 0.25) is 0 Å². The molecular formula is C22H19N3O2.